The van der Waals surface area contributed by atoms with Gasteiger partial charge in [0.15, 0.2) is 5.13 Å². The van der Waals surface area contributed by atoms with Gasteiger partial charge in [0, 0.05) is 17.5 Å². The highest BCUT2D eigenvalue weighted by Crippen LogP contribution is 2.21. The summed E-state index contributed by atoms with van der Waals surface area (Å²) in [6, 6.07) is 7.38. The van der Waals surface area contributed by atoms with Gasteiger partial charge >= 0.3 is 0 Å². The van der Waals surface area contributed by atoms with Gasteiger partial charge in [-0.1, -0.05) is 29.8 Å². The molecule has 0 spiro atoms. The van der Waals surface area contributed by atoms with E-state index in [2.05, 4.69) is 4.98 Å². The first-order chi connectivity index (χ1) is 8.58. The molecule has 0 saturated heterocycles. The molecule has 0 aliphatic heterocycles. The molecule has 0 aliphatic carbocycles. The number of rotatable bonds is 3. The zero-order valence-electron chi connectivity index (χ0n) is 10.2. The average molecular weight is 281 g/mol. The molecule has 2 rings (SSSR count). The van der Waals surface area contributed by atoms with Gasteiger partial charge in [0.1, 0.15) is 0 Å². The van der Waals surface area contributed by atoms with Gasteiger partial charge in [0.2, 0.25) is 5.91 Å². The number of anilines is 1. The smallest absolute Gasteiger partial charge is 0.232 e. The molecule has 1 aromatic heterocycles. The number of aromatic nitrogens is 1. The lowest BCUT2D eigenvalue weighted by molar-refractivity contribution is -0.117. The second kappa shape index (κ2) is 5.50. The van der Waals surface area contributed by atoms with Gasteiger partial charge < -0.3 is 0 Å². The minimum atomic E-state index is -0.0162. The maximum atomic E-state index is 12.1. The van der Waals surface area contributed by atoms with Crippen LogP contribution in [0.1, 0.15) is 11.3 Å². The molecule has 1 aromatic carbocycles. The Morgan fingerprint density at radius 2 is 2.17 bits per heavy atom. The predicted molar refractivity (Wildman–Crippen MR) is 75.4 cm³/mol. The number of hydrogen-bond donors (Lipinski definition) is 0. The fraction of sp³-hybridized carbons (Fsp3) is 0.231. The molecule has 0 unspecified atom stereocenters. The minimum absolute atomic E-state index is 0.0162. The predicted octanol–water partition coefficient (Wildman–Crippen LogP) is 3.31. The Labute approximate surface area is 115 Å². The number of carbonyl (C=O) groups excluding carboxylic acids is 1. The number of benzene rings is 1. The van der Waals surface area contributed by atoms with Crippen molar-refractivity contribution >= 4 is 34.0 Å². The van der Waals surface area contributed by atoms with E-state index in [1.807, 2.05) is 30.5 Å². The Morgan fingerprint density at radius 3 is 2.78 bits per heavy atom. The Kier molecular flexibility index (Phi) is 3.99. The third-order valence-corrected chi connectivity index (χ3v) is 3.97. The maximum absolute atomic E-state index is 12.1. The van der Waals surface area contributed by atoms with Crippen LogP contribution in [0, 0.1) is 6.92 Å². The summed E-state index contributed by atoms with van der Waals surface area (Å²) in [4.78, 5) is 18.0. The molecular formula is C13H13ClN2OS. The Balaban J connectivity index is 2.11. The van der Waals surface area contributed by atoms with Gasteiger partial charge in [-0.3, -0.25) is 9.69 Å². The van der Waals surface area contributed by atoms with Gasteiger partial charge in [0.25, 0.3) is 0 Å². The van der Waals surface area contributed by atoms with Crippen molar-refractivity contribution < 1.29 is 4.79 Å². The summed E-state index contributed by atoms with van der Waals surface area (Å²) in [7, 11) is 1.73. The summed E-state index contributed by atoms with van der Waals surface area (Å²) >= 11 is 7.50. The van der Waals surface area contributed by atoms with Gasteiger partial charge in [-0.15, -0.1) is 11.3 Å². The highest BCUT2D eigenvalue weighted by molar-refractivity contribution is 7.14. The molecule has 1 heterocycles. The summed E-state index contributed by atoms with van der Waals surface area (Å²) in [6.45, 7) is 1.91. The van der Waals surface area contributed by atoms with Gasteiger partial charge in [-0.2, -0.15) is 0 Å². The van der Waals surface area contributed by atoms with Crippen LogP contribution in [0.4, 0.5) is 5.13 Å². The van der Waals surface area contributed by atoms with E-state index in [0.717, 1.165) is 11.3 Å². The van der Waals surface area contributed by atoms with Crippen molar-refractivity contribution in [3.05, 3.63) is 45.9 Å². The molecule has 0 aliphatic rings. The molecule has 18 heavy (non-hydrogen) atoms. The first kappa shape index (κ1) is 13.1. The minimum Gasteiger partial charge on any atom is -0.291 e. The summed E-state index contributed by atoms with van der Waals surface area (Å²) in [5.74, 6) is -0.0162. The van der Waals surface area contributed by atoms with Crippen LogP contribution < -0.4 is 4.90 Å². The molecule has 3 nitrogen and oxygen atoms in total. The highest BCUT2D eigenvalue weighted by Gasteiger charge is 2.15. The fourth-order valence-corrected chi connectivity index (χ4v) is 2.51. The van der Waals surface area contributed by atoms with Crippen LogP contribution in [0.5, 0.6) is 0 Å². The zero-order valence-corrected chi connectivity index (χ0v) is 11.8. The van der Waals surface area contributed by atoms with E-state index in [-0.39, 0.29) is 12.3 Å². The van der Waals surface area contributed by atoms with Crippen molar-refractivity contribution in [1.82, 2.24) is 4.98 Å². The normalized spacial score (nSPS) is 10.4. The van der Waals surface area contributed by atoms with Crippen LogP contribution in [-0.4, -0.2) is 17.9 Å². The van der Waals surface area contributed by atoms with Crippen LogP contribution >= 0.6 is 22.9 Å². The number of carbonyl (C=O) groups is 1. The van der Waals surface area contributed by atoms with Crippen molar-refractivity contribution in [1.29, 1.82) is 0 Å². The van der Waals surface area contributed by atoms with Crippen LogP contribution in [0.2, 0.25) is 5.02 Å². The second-order valence-corrected chi connectivity index (χ2v) is 5.24. The number of aryl methyl sites for hydroxylation is 1. The monoisotopic (exact) mass is 280 g/mol. The molecule has 1 amide bonds. The van der Waals surface area contributed by atoms with Crippen LogP contribution in [0.3, 0.4) is 0 Å². The Morgan fingerprint density at radius 1 is 1.44 bits per heavy atom. The standard InChI is InChI=1S/C13H13ClN2OS/c1-9-8-18-13(15-9)16(2)12(17)7-10-5-3-4-6-11(10)14/h3-6,8H,7H2,1-2H3. The van der Waals surface area contributed by atoms with Crippen LogP contribution in [-0.2, 0) is 11.2 Å². The lowest BCUT2D eigenvalue weighted by Gasteiger charge is -2.14. The fourth-order valence-electron chi connectivity index (χ4n) is 1.53. The number of nitrogens with zero attached hydrogens (tertiary/aromatic N) is 2. The number of hydrogen-bond acceptors (Lipinski definition) is 3. The van der Waals surface area contributed by atoms with E-state index < -0.39 is 0 Å². The van der Waals surface area contributed by atoms with Crippen molar-refractivity contribution in [2.45, 2.75) is 13.3 Å². The van der Waals surface area contributed by atoms with Gasteiger partial charge in [-0.05, 0) is 18.6 Å². The summed E-state index contributed by atoms with van der Waals surface area (Å²) in [5, 5.41) is 3.26. The number of amides is 1. The molecule has 0 N–H and O–H groups in total. The first-order valence-corrected chi connectivity index (χ1v) is 6.76. The highest BCUT2D eigenvalue weighted by atomic mass is 35.5. The molecule has 0 atom stereocenters. The Hall–Kier alpha value is -1.39. The number of halogens is 1. The van der Waals surface area contributed by atoms with Crippen molar-refractivity contribution in [3.8, 4) is 0 Å². The summed E-state index contributed by atoms with van der Waals surface area (Å²) in [5.41, 5.74) is 1.76. The molecule has 0 saturated carbocycles. The van der Waals surface area contributed by atoms with Crippen molar-refractivity contribution in [2.75, 3.05) is 11.9 Å². The van der Waals surface area contributed by atoms with E-state index in [1.165, 1.54) is 11.3 Å². The third kappa shape index (κ3) is 2.89. The quantitative estimate of drug-likeness (QED) is 0.864. The van der Waals surface area contributed by atoms with Crippen LogP contribution in [0.15, 0.2) is 29.6 Å². The van der Waals surface area contributed by atoms with Gasteiger partial charge in [0.05, 0.1) is 12.1 Å². The molecule has 94 valence electrons. The average Bonchev–Trinajstić information content (AvgIpc) is 2.78. The first-order valence-electron chi connectivity index (χ1n) is 5.50. The molecule has 2 aromatic rings. The number of thiazole rings is 1. The summed E-state index contributed by atoms with van der Waals surface area (Å²) in [6.07, 6.45) is 0.287. The third-order valence-electron chi connectivity index (χ3n) is 2.57. The van der Waals surface area contributed by atoms with Crippen LogP contribution in [0.25, 0.3) is 0 Å². The topological polar surface area (TPSA) is 33.2 Å². The van der Waals surface area contributed by atoms with Crippen molar-refractivity contribution in [3.63, 3.8) is 0 Å². The van der Waals surface area contributed by atoms with E-state index >= 15 is 0 Å². The van der Waals surface area contributed by atoms with E-state index in [0.29, 0.717) is 10.2 Å². The molecular weight excluding hydrogens is 268 g/mol. The molecule has 0 fully saturated rings. The lowest BCUT2D eigenvalue weighted by atomic mass is 10.1. The van der Waals surface area contributed by atoms with E-state index in [1.54, 1.807) is 18.0 Å². The Bertz CT molecular complexity index is 568. The largest absolute Gasteiger partial charge is 0.291 e. The molecule has 0 radical (unpaired) electrons. The van der Waals surface area contributed by atoms with Crippen molar-refractivity contribution in [2.24, 2.45) is 0 Å². The molecule has 5 heteroatoms. The molecule has 0 bridgehead atoms. The maximum Gasteiger partial charge on any atom is 0.232 e. The summed E-state index contributed by atoms with van der Waals surface area (Å²) < 4.78 is 0. The second-order valence-electron chi connectivity index (χ2n) is 3.99. The zero-order chi connectivity index (χ0) is 13.1. The SMILES string of the molecule is Cc1csc(N(C)C(=O)Cc2ccccc2Cl)n1. The lowest BCUT2D eigenvalue weighted by Crippen LogP contribution is -2.27. The van der Waals surface area contributed by atoms with E-state index in [9.17, 15) is 4.79 Å². The van der Waals surface area contributed by atoms with E-state index in [4.69, 9.17) is 11.6 Å². The van der Waals surface area contributed by atoms with Gasteiger partial charge in [-0.25, -0.2) is 4.98 Å². The number of likely N-dealkylation sites (N-methyl/N-ethyl adjacent to an activating group) is 1.